The van der Waals surface area contributed by atoms with Gasteiger partial charge >= 0.3 is 5.97 Å². The van der Waals surface area contributed by atoms with E-state index in [2.05, 4.69) is 10.2 Å². The van der Waals surface area contributed by atoms with E-state index in [1.54, 1.807) is 0 Å². The third-order valence-electron chi connectivity index (χ3n) is 3.73. The number of hydrogen-bond donors (Lipinski definition) is 2. The fourth-order valence-corrected chi connectivity index (χ4v) is 2.73. The highest BCUT2D eigenvalue weighted by molar-refractivity contribution is 5.95. The summed E-state index contributed by atoms with van der Waals surface area (Å²) in [6.07, 6.45) is 5.81. The van der Waals surface area contributed by atoms with Crippen molar-refractivity contribution in [2.45, 2.75) is 25.7 Å². The first kappa shape index (κ1) is 12.6. The maximum Gasteiger partial charge on any atom is 0.342 e. The second-order valence-corrected chi connectivity index (χ2v) is 4.98. The van der Waals surface area contributed by atoms with Crippen LogP contribution in [0.15, 0.2) is 29.2 Å². The molecule has 0 bridgehead atoms. The first-order chi connectivity index (χ1) is 9.66. The van der Waals surface area contributed by atoms with Crippen molar-refractivity contribution in [1.82, 2.24) is 10.2 Å². The van der Waals surface area contributed by atoms with Gasteiger partial charge in [0.05, 0.1) is 6.20 Å². The highest BCUT2D eigenvalue weighted by atomic mass is 16.4. The van der Waals surface area contributed by atoms with E-state index >= 15 is 0 Å². The van der Waals surface area contributed by atoms with Gasteiger partial charge in [0.25, 0.3) is 5.56 Å². The molecular formula is C15H14N2O3. The lowest BCUT2D eigenvalue weighted by atomic mass is 9.89. The molecule has 2 N–H and O–H groups in total. The van der Waals surface area contributed by atoms with Gasteiger partial charge in [-0.15, -0.1) is 0 Å². The standard InChI is InChI=1S/C15H14N2O3/c18-14-13(15(19)20)12(8-16-17-14)11-6-5-9-3-1-2-4-10(9)7-11/h5-8H,1-4H2,(H,17,18)(H,19,20). The molecule has 1 heterocycles. The van der Waals surface area contributed by atoms with E-state index in [0.29, 0.717) is 5.56 Å². The van der Waals surface area contributed by atoms with E-state index in [1.807, 2.05) is 18.2 Å². The van der Waals surface area contributed by atoms with Crippen LogP contribution in [0.5, 0.6) is 0 Å². The number of nitrogens with zero attached hydrogens (tertiary/aromatic N) is 1. The molecule has 0 atom stereocenters. The fourth-order valence-electron chi connectivity index (χ4n) is 2.73. The highest BCUT2D eigenvalue weighted by Gasteiger charge is 2.18. The SMILES string of the molecule is O=C(O)c1c(-c2ccc3c(c2)CCCC3)cn[nH]c1=O. The summed E-state index contributed by atoms with van der Waals surface area (Å²) >= 11 is 0. The van der Waals surface area contributed by atoms with Gasteiger partial charge in [0, 0.05) is 5.56 Å². The zero-order chi connectivity index (χ0) is 14.1. The van der Waals surface area contributed by atoms with Gasteiger partial charge in [0.2, 0.25) is 0 Å². The van der Waals surface area contributed by atoms with Gasteiger partial charge in [-0.25, -0.2) is 9.89 Å². The summed E-state index contributed by atoms with van der Waals surface area (Å²) < 4.78 is 0. The van der Waals surface area contributed by atoms with Gasteiger partial charge in [-0.1, -0.05) is 18.2 Å². The minimum absolute atomic E-state index is 0.254. The van der Waals surface area contributed by atoms with Crippen LogP contribution in [-0.4, -0.2) is 21.3 Å². The molecule has 0 amide bonds. The number of rotatable bonds is 2. The van der Waals surface area contributed by atoms with Crippen molar-refractivity contribution in [1.29, 1.82) is 0 Å². The molecule has 1 aromatic heterocycles. The third kappa shape index (κ3) is 2.11. The number of carbonyl (C=O) groups is 1. The minimum atomic E-state index is -1.23. The quantitative estimate of drug-likeness (QED) is 0.874. The van der Waals surface area contributed by atoms with E-state index in [9.17, 15) is 14.7 Å². The number of aromatic nitrogens is 2. The smallest absolute Gasteiger partial charge is 0.342 e. The Bertz CT molecular complexity index is 734. The predicted molar refractivity (Wildman–Crippen MR) is 73.9 cm³/mol. The maximum absolute atomic E-state index is 11.6. The van der Waals surface area contributed by atoms with Crippen LogP contribution in [0, 0.1) is 0 Å². The van der Waals surface area contributed by atoms with E-state index in [0.717, 1.165) is 24.8 Å². The van der Waals surface area contributed by atoms with E-state index in [4.69, 9.17) is 0 Å². The highest BCUT2D eigenvalue weighted by Crippen LogP contribution is 2.28. The van der Waals surface area contributed by atoms with Crippen LogP contribution in [0.2, 0.25) is 0 Å². The van der Waals surface area contributed by atoms with Gasteiger partial charge in [0.1, 0.15) is 5.56 Å². The average Bonchev–Trinajstić information content (AvgIpc) is 2.46. The lowest BCUT2D eigenvalue weighted by molar-refractivity contribution is 0.0695. The molecule has 0 spiro atoms. The van der Waals surface area contributed by atoms with Crippen molar-refractivity contribution in [3.8, 4) is 11.1 Å². The molecule has 102 valence electrons. The first-order valence-electron chi connectivity index (χ1n) is 6.60. The Morgan fingerprint density at radius 1 is 1.20 bits per heavy atom. The van der Waals surface area contributed by atoms with Crippen molar-refractivity contribution in [3.05, 3.63) is 51.4 Å². The molecule has 1 aliphatic rings. The predicted octanol–water partition coefficient (Wildman–Crippen LogP) is 2.01. The molecule has 0 saturated carbocycles. The van der Waals surface area contributed by atoms with Crippen molar-refractivity contribution >= 4 is 5.97 Å². The van der Waals surface area contributed by atoms with Crippen molar-refractivity contribution < 1.29 is 9.90 Å². The Hall–Kier alpha value is -2.43. The number of aromatic carboxylic acids is 1. The van der Waals surface area contributed by atoms with Crippen LogP contribution in [0.1, 0.15) is 34.3 Å². The van der Waals surface area contributed by atoms with Gasteiger partial charge in [0.15, 0.2) is 0 Å². The van der Waals surface area contributed by atoms with Crippen LogP contribution < -0.4 is 5.56 Å². The number of H-pyrrole nitrogens is 1. The summed E-state index contributed by atoms with van der Waals surface area (Å²) in [7, 11) is 0. The Kier molecular flexibility index (Phi) is 3.10. The number of nitrogens with one attached hydrogen (secondary N) is 1. The molecule has 0 aliphatic heterocycles. The summed E-state index contributed by atoms with van der Waals surface area (Å²) in [4.78, 5) is 22.9. The van der Waals surface area contributed by atoms with Crippen LogP contribution in [0.3, 0.4) is 0 Å². The molecule has 0 unspecified atom stereocenters. The minimum Gasteiger partial charge on any atom is -0.477 e. The molecular weight excluding hydrogens is 256 g/mol. The van der Waals surface area contributed by atoms with E-state index < -0.39 is 11.5 Å². The Balaban J connectivity index is 2.17. The van der Waals surface area contributed by atoms with Crippen LogP contribution in [0.25, 0.3) is 11.1 Å². The molecule has 2 aromatic rings. The second kappa shape index (κ2) is 4.92. The van der Waals surface area contributed by atoms with Crippen LogP contribution in [0.4, 0.5) is 0 Å². The van der Waals surface area contributed by atoms with Gasteiger partial charge in [-0.05, 0) is 42.4 Å². The van der Waals surface area contributed by atoms with Crippen molar-refractivity contribution in [2.75, 3.05) is 0 Å². The van der Waals surface area contributed by atoms with Crippen molar-refractivity contribution in [3.63, 3.8) is 0 Å². The van der Waals surface area contributed by atoms with E-state index in [1.165, 1.54) is 23.7 Å². The Morgan fingerprint density at radius 3 is 2.70 bits per heavy atom. The van der Waals surface area contributed by atoms with Gasteiger partial charge < -0.3 is 5.11 Å². The summed E-state index contributed by atoms with van der Waals surface area (Å²) in [5.74, 6) is -1.23. The summed E-state index contributed by atoms with van der Waals surface area (Å²) in [5, 5.41) is 15.1. The first-order valence-corrected chi connectivity index (χ1v) is 6.60. The zero-order valence-corrected chi connectivity index (χ0v) is 10.8. The fraction of sp³-hybridized carbons (Fsp3) is 0.267. The molecule has 0 radical (unpaired) electrons. The van der Waals surface area contributed by atoms with Crippen molar-refractivity contribution in [2.24, 2.45) is 0 Å². The van der Waals surface area contributed by atoms with Gasteiger partial charge in [-0.2, -0.15) is 5.10 Å². The topological polar surface area (TPSA) is 83.0 Å². The second-order valence-electron chi connectivity index (χ2n) is 4.98. The Labute approximate surface area is 115 Å². The van der Waals surface area contributed by atoms with Crippen LogP contribution in [-0.2, 0) is 12.8 Å². The number of carboxylic acids is 1. The summed E-state index contributed by atoms with van der Waals surface area (Å²) in [5.41, 5.74) is 2.74. The lowest BCUT2D eigenvalue weighted by Crippen LogP contribution is -2.20. The molecule has 1 aliphatic carbocycles. The number of carboxylic acid groups (broad SMARTS) is 1. The monoisotopic (exact) mass is 270 g/mol. The zero-order valence-electron chi connectivity index (χ0n) is 10.8. The number of hydrogen-bond acceptors (Lipinski definition) is 3. The summed E-state index contributed by atoms with van der Waals surface area (Å²) in [6.45, 7) is 0. The lowest BCUT2D eigenvalue weighted by Gasteiger charge is -2.16. The average molecular weight is 270 g/mol. The normalized spacial score (nSPS) is 13.8. The molecule has 3 rings (SSSR count). The molecule has 0 saturated heterocycles. The molecule has 1 aromatic carbocycles. The number of aromatic amines is 1. The summed E-state index contributed by atoms with van der Waals surface area (Å²) in [6, 6.07) is 5.88. The number of fused-ring (bicyclic) bond motifs is 1. The van der Waals surface area contributed by atoms with E-state index in [-0.39, 0.29) is 5.56 Å². The maximum atomic E-state index is 11.6. The van der Waals surface area contributed by atoms with Gasteiger partial charge in [-0.3, -0.25) is 4.79 Å². The molecule has 5 heteroatoms. The number of benzene rings is 1. The molecule has 20 heavy (non-hydrogen) atoms. The van der Waals surface area contributed by atoms with Crippen LogP contribution >= 0.6 is 0 Å². The largest absolute Gasteiger partial charge is 0.477 e. The molecule has 0 fully saturated rings. The molecule has 5 nitrogen and oxygen atoms in total. The Morgan fingerprint density at radius 2 is 1.95 bits per heavy atom. The number of aryl methyl sites for hydroxylation is 2. The third-order valence-corrected chi connectivity index (χ3v) is 3.73.